The standard InChI is InChI=1S/C30H30F2N4O3/c1-17-6-8-18(9-7-17)27-16-28(37)34-25-15-19(29(38)35-24-5-3-2-4-23(24)33)11-13-26(25)36(27)30(39)20-10-12-21(31)22(32)14-20/h6-15,23-24,27H,2-5,16,33H2,1H3,(H,34,37)(H,35,38). The molecule has 7 nitrogen and oxygen atoms in total. The number of fused-ring (bicyclic) bond motifs is 1. The van der Waals surface area contributed by atoms with Crippen LogP contribution in [0.1, 0.15) is 70.0 Å². The van der Waals surface area contributed by atoms with Crippen LogP contribution < -0.4 is 21.3 Å². The zero-order valence-corrected chi connectivity index (χ0v) is 21.5. The molecule has 3 atom stereocenters. The minimum Gasteiger partial charge on any atom is -0.348 e. The summed E-state index contributed by atoms with van der Waals surface area (Å²) in [4.78, 5) is 41.4. The number of nitrogens with one attached hydrogen (secondary N) is 2. The molecule has 3 aromatic rings. The van der Waals surface area contributed by atoms with Crippen LogP contribution in [0.15, 0.2) is 60.7 Å². The number of benzene rings is 3. The SMILES string of the molecule is Cc1ccc(C2CC(=O)Nc3cc(C(=O)NC4CCCCC4N)ccc3N2C(=O)c2ccc(F)c(F)c2)cc1. The van der Waals surface area contributed by atoms with Gasteiger partial charge in [0.1, 0.15) is 0 Å². The number of amides is 3. The quantitative estimate of drug-likeness (QED) is 0.440. The lowest BCUT2D eigenvalue weighted by atomic mass is 9.91. The van der Waals surface area contributed by atoms with Gasteiger partial charge in [0, 0.05) is 23.2 Å². The van der Waals surface area contributed by atoms with E-state index in [0.29, 0.717) is 16.8 Å². The molecule has 2 aliphatic rings. The van der Waals surface area contributed by atoms with Crippen molar-refractivity contribution in [2.45, 2.75) is 57.2 Å². The Kier molecular flexibility index (Phi) is 7.43. The van der Waals surface area contributed by atoms with Crippen LogP contribution in [0.4, 0.5) is 20.2 Å². The number of nitrogens with zero attached hydrogens (tertiary/aromatic N) is 1. The average molecular weight is 533 g/mol. The molecule has 0 bridgehead atoms. The second-order valence-corrected chi connectivity index (χ2v) is 10.2. The molecule has 4 N–H and O–H groups in total. The van der Waals surface area contributed by atoms with Crippen LogP contribution in [-0.4, -0.2) is 29.8 Å². The lowest BCUT2D eigenvalue weighted by Crippen LogP contribution is -2.49. The van der Waals surface area contributed by atoms with Gasteiger partial charge in [-0.2, -0.15) is 0 Å². The number of carbonyl (C=O) groups excluding carboxylic acids is 3. The first-order valence-electron chi connectivity index (χ1n) is 13.1. The Bertz CT molecular complexity index is 1430. The molecule has 1 heterocycles. The second kappa shape index (κ2) is 10.9. The van der Waals surface area contributed by atoms with E-state index in [1.165, 1.54) is 17.0 Å². The molecule has 0 spiro atoms. The molecular weight excluding hydrogens is 502 g/mol. The minimum atomic E-state index is -1.15. The summed E-state index contributed by atoms with van der Waals surface area (Å²) < 4.78 is 27.8. The average Bonchev–Trinajstić information content (AvgIpc) is 3.06. The van der Waals surface area contributed by atoms with Crippen LogP contribution in [-0.2, 0) is 4.79 Å². The van der Waals surface area contributed by atoms with Gasteiger partial charge in [-0.25, -0.2) is 8.78 Å². The van der Waals surface area contributed by atoms with E-state index in [4.69, 9.17) is 5.73 Å². The van der Waals surface area contributed by atoms with Crippen LogP contribution in [0.25, 0.3) is 0 Å². The highest BCUT2D eigenvalue weighted by Crippen LogP contribution is 2.40. The maximum atomic E-state index is 14.1. The third-order valence-electron chi connectivity index (χ3n) is 7.47. The van der Waals surface area contributed by atoms with Crippen molar-refractivity contribution in [1.29, 1.82) is 0 Å². The molecule has 3 unspecified atom stereocenters. The highest BCUT2D eigenvalue weighted by Gasteiger charge is 2.35. The van der Waals surface area contributed by atoms with Gasteiger partial charge in [0.2, 0.25) is 5.91 Å². The molecule has 0 radical (unpaired) electrons. The fourth-order valence-corrected chi connectivity index (χ4v) is 5.29. The number of aryl methyl sites for hydroxylation is 1. The molecule has 39 heavy (non-hydrogen) atoms. The normalized spacial score (nSPS) is 21.0. The Morgan fingerprint density at radius 2 is 1.67 bits per heavy atom. The maximum absolute atomic E-state index is 14.1. The minimum absolute atomic E-state index is 0.0700. The fraction of sp³-hybridized carbons (Fsp3) is 0.300. The van der Waals surface area contributed by atoms with Crippen molar-refractivity contribution >= 4 is 29.1 Å². The van der Waals surface area contributed by atoms with E-state index in [1.807, 2.05) is 31.2 Å². The molecule has 0 aromatic heterocycles. The van der Waals surface area contributed by atoms with Crippen molar-refractivity contribution in [1.82, 2.24) is 5.32 Å². The molecule has 3 amide bonds. The number of nitrogens with two attached hydrogens (primary N) is 1. The molecule has 9 heteroatoms. The van der Waals surface area contributed by atoms with Crippen LogP contribution in [0, 0.1) is 18.6 Å². The van der Waals surface area contributed by atoms with Crippen LogP contribution in [0.3, 0.4) is 0 Å². The summed E-state index contributed by atoms with van der Waals surface area (Å²) >= 11 is 0. The van der Waals surface area contributed by atoms with Gasteiger partial charge in [-0.3, -0.25) is 19.3 Å². The summed E-state index contributed by atoms with van der Waals surface area (Å²) in [6, 6.07) is 14.1. The lowest BCUT2D eigenvalue weighted by Gasteiger charge is -2.31. The highest BCUT2D eigenvalue weighted by molar-refractivity contribution is 6.12. The summed E-state index contributed by atoms with van der Waals surface area (Å²) in [6.07, 6.45) is 3.57. The molecule has 1 aliphatic heterocycles. The first kappa shape index (κ1) is 26.5. The van der Waals surface area contributed by atoms with Gasteiger partial charge in [-0.05, 0) is 61.7 Å². The molecule has 1 aliphatic carbocycles. The van der Waals surface area contributed by atoms with Gasteiger partial charge < -0.3 is 16.4 Å². The first-order chi connectivity index (χ1) is 18.7. The largest absolute Gasteiger partial charge is 0.348 e. The highest BCUT2D eigenvalue weighted by atomic mass is 19.2. The van der Waals surface area contributed by atoms with Gasteiger partial charge in [0.15, 0.2) is 11.6 Å². The Hall–Kier alpha value is -4.11. The van der Waals surface area contributed by atoms with Crippen molar-refractivity contribution in [3.8, 4) is 0 Å². The Morgan fingerprint density at radius 1 is 0.949 bits per heavy atom. The van der Waals surface area contributed by atoms with Crippen LogP contribution >= 0.6 is 0 Å². The van der Waals surface area contributed by atoms with Gasteiger partial charge >= 0.3 is 0 Å². The van der Waals surface area contributed by atoms with Crippen molar-refractivity contribution in [2.75, 3.05) is 10.2 Å². The van der Waals surface area contributed by atoms with Crippen molar-refractivity contribution in [2.24, 2.45) is 5.73 Å². The smallest absolute Gasteiger partial charge is 0.259 e. The van der Waals surface area contributed by atoms with Gasteiger partial charge in [0.25, 0.3) is 11.8 Å². The fourth-order valence-electron chi connectivity index (χ4n) is 5.29. The van der Waals surface area contributed by atoms with Crippen molar-refractivity contribution in [3.63, 3.8) is 0 Å². The van der Waals surface area contributed by atoms with Gasteiger partial charge in [-0.15, -0.1) is 0 Å². The van der Waals surface area contributed by atoms with Crippen LogP contribution in [0.5, 0.6) is 0 Å². The number of hydrogen-bond acceptors (Lipinski definition) is 4. The number of hydrogen-bond donors (Lipinski definition) is 3. The first-order valence-corrected chi connectivity index (χ1v) is 13.1. The molecule has 5 rings (SSSR count). The zero-order chi connectivity index (χ0) is 27.7. The molecule has 202 valence electrons. The molecular formula is C30H30F2N4O3. The van der Waals surface area contributed by atoms with E-state index in [1.54, 1.807) is 12.1 Å². The predicted molar refractivity (Wildman–Crippen MR) is 144 cm³/mol. The van der Waals surface area contributed by atoms with Crippen LogP contribution in [0.2, 0.25) is 0 Å². The third kappa shape index (κ3) is 5.54. The van der Waals surface area contributed by atoms with Gasteiger partial charge in [0.05, 0.1) is 23.8 Å². The Balaban J connectivity index is 1.56. The van der Waals surface area contributed by atoms with E-state index in [2.05, 4.69) is 10.6 Å². The number of carbonyl (C=O) groups is 3. The summed E-state index contributed by atoms with van der Waals surface area (Å²) in [7, 11) is 0. The van der Waals surface area contributed by atoms with E-state index in [-0.39, 0.29) is 41.6 Å². The molecule has 3 aromatic carbocycles. The molecule has 1 saturated carbocycles. The zero-order valence-electron chi connectivity index (χ0n) is 21.5. The Labute approximate surface area is 225 Å². The van der Waals surface area contributed by atoms with E-state index in [9.17, 15) is 23.2 Å². The topological polar surface area (TPSA) is 105 Å². The third-order valence-corrected chi connectivity index (χ3v) is 7.47. The predicted octanol–water partition coefficient (Wildman–Crippen LogP) is 5.00. The van der Waals surface area contributed by atoms with Crippen molar-refractivity contribution in [3.05, 3.63) is 94.6 Å². The monoisotopic (exact) mass is 532 g/mol. The number of halogens is 2. The van der Waals surface area contributed by atoms with Gasteiger partial charge in [-0.1, -0.05) is 42.7 Å². The molecule has 0 saturated heterocycles. The van der Waals surface area contributed by atoms with E-state index < -0.39 is 23.6 Å². The van der Waals surface area contributed by atoms with Crippen molar-refractivity contribution < 1.29 is 23.2 Å². The summed E-state index contributed by atoms with van der Waals surface area (Å²) in [5.41, 5.74) is 8.75. The lowest BCUT2D eigenvalue weighted by molar-refractivity contribution is -0.116. The summed E-state index contributed by atoms with van der Waals surface area (Å²) in [5.74, 6) is -3.50. The second-order valence-electron chi connectivity index (χ2n) is 10.2. The molecule has 1 fully saturated rings. The maximum Gasteiger partial charge on any atom is 0.259 e. The Morgan fingerprint density at radius 3 is 2.38 bits per heavy atom. The number of anilines is 2. The summed E-state index contributed by atoms with van der Waals surface area (Å²) in [6.45, 7) is 1.93. The van der Waals surface area contributed by atoms with E-state index >= 15 is 0 Å². The number of rotatable bonds is 4. The van der Waals surface area contributed by atoms with E-state index in [0.717, 1.165) is 43.4 Å². The summed E-state index contributed by atoms with van der Waals surface area (Å²) in [5, 5.41) is 5.82.